The van der Waals surface area contributed by atoms with E-state index < -0.39 is 5.82 Å². The van der Waals surface area contributed by atoms with Crippen LogP contribution in [-0.4, -0.2) is 47.4 Å². The van der Waals surface area contributed by atoms with Gasteiger partial charge < -0.3 is 14.9 Å². The predicted octanol–water partition coefficient (Wildman–Crippen LogP) is 3.11. The molecule has 0 amide bonds. The second-order valence-electron chi connectivity index (χ2n) is 6.11. The number of anilines is 1. The van der Waals surface area contributed by atoms with Crippen molar-refractivity contribution in [2.75, 3.05) is 25.5 Å². The molecule has 0 spiro atoms. The van der Waals surface area contributed by atoms with Gasteiger partial charge in [-0.05, 0) is 36.3 Å². The summed E-state index contributed by atoms with van der Waals surface area (Å²) < 4.78 is 14.2. The topological polar surface area (TPSA) is 75.8 Å². The Labute approximate surface area is 151 Å². The standard InChI is InChI=1S/C19H20FN5O/c1-24(2)19(21)23-18-14(12-13-4-3-5-16(26)17(13)20)8-11-25(18)15-6-9-22-10-7-15/h3-7,9-10,12,21,26H,8,11H2,1-2H3/b14-12+,21-19?,23-18?. The summed E-state index contributed by atoms with van der Waals surface area (Å²) in [5.74, 6) is -0.354. The van der Waals surface area contributed by atoms with Crippen LogP contribution in [0.4, 0.5) is 10.1 Å². The molecule has 2 N–H and O–H groups in total. The van der Waals surface area contributed by atoms with E-state index in [9.17, 15) is 9.50 Å². The number of pyridine rings is 1. The molecular formula is C19H20FN5O. The van der Waals surface area contributed by atoms with E-state index >= 15 is 0 Å². The zero-order chi connectivity index (χ0) is 18.7. The summed E-state index contributed by atoms with van der Waals surface area (Å²) in [5.41, 5.74) is 2.00. The summed E-state index contributed by atoms with van der Waals surface area (Å²) >= 11 is 0. The van der Waals surface area contributed by atoms with Crippen LogP contribution in [0, 0.1) is 11.2 Å². The number of aliphatic imine (C=N–C) groups is 1. The van der Waals surface area contributed by atoms with Gasteiger partial charge in [0.25, 0.3) is 0 Å². The molecular weight excluding hydrogens is 333 g/mol. The van der Waals surface area contributed by atoms with E-state index in [0.717, 1.165) is 11.3 Å². The number of halogens is 1. The number of nitrogens with zero attached hydrogens (tertiary/aromatic N) is 4. The molecule has 1 aliphatic rings. The van der Waals surface area contributed by atoms with Gasteiger partial charge in [-0.15, -0.1) is 0 Å². The first-order valence-corrected chi connectivity index (χ1v) is 8.18. The number of hydrogen-bond acceptors (Lipinski definition) is 3. The Balaban J connectivity index is 2.05. The summed E-state index contributed by atoms with van der Waals surface area (Å²) in [6.45, 7) is 0.663. The van der Waals surface area contributed by atoms with Gasteiger partial charge in [-0.3, -0.25) is 10.4 Å². The highest BCUT2D eigenvalue weighted by Crippen LogP contribution is 2.29. The lowest BCUT2D eigenvalue weighted by Gasteiger charge is -2.20. The van der Waals surface area contributed by atoms with E-state index in [2.05, 4.69) is 9.98 Å². The van der Waals surface area contributed by atoms with Crippen molar-refractivity contribution >= 4 is 23.6 Å². The molecule has 6 nitrogen and oxygen atoms in total. The van der Waals surface area contributed by atoms with Crippen molar-refractivity contribution in [2.24, 2.45) is 4.99 Å². The zero-order valence-electron chi connectivity index (χ0n) is 14.6. The van der Waals surface area contributed by atoms with Gasteiger partial charge in [0.1, 0.15) is 5.84 Å². The second kappa shape index (κ2) is 7.35. The Bertz CT molecular complexity index is 877. The lowest BCUT2D eigenvalue weighted by atomic mass is 10.1. The van der Waals surface area contributed by atoms with E-state index in [0.29, 0.717) is 24.4 Å². The molecule has 134 valence electrons. The lowest BCUT2D eigenvalue weighted by Crippen LogP contribution is -2.28. The third-order valence-electron chi connectivity index (χ3n) is 4.10. The molecule has 0 aliphatic carbocycles. The van der Waals surface area contributed by atoms with E-state index in [1.807, 2.05) is 17.0 Å². The Morgan fingerprint density at radius 1 is 1.31 bits per heavy atom. The van der Waals surface area contributed by atoms with Gasteiger partial charge in [0.15, 0.2) is 11.6 Å². The number of guanidine groups is 1. The molecule has 0 unspecified atom stereocenters. The molecule has 1 saturated heterocycles. The largest absolute Gasteiger partial charge is 0.505 e. The number of benzene rings is 1. The Hall–Kier alpha value is -3.22. The van der Waals surface area contributed by atoms with E-state index in [4.69, 9.17) is 5.41 Å². The van der Waals surface area contributed by atoms with Crippen molar-refractivity contribution in [1.29, 1.82) is 5.41 Å². The van der Waals surface area contributed by atoms with Crippen molar-refractivity contribution in [3.8, 4) is 5.75 Å². The molecule has 1 aliphatic heterocycles. The van der Waals surface area contributed by atoms with Crippen LogP contribution in [0.3, 0.4) is 0 Å². The highest BCUT2D eigenvalue weighted by atomic mass is 19.1. The van der Waals surface area contributed by atoms with Crippen LogP contribution in [0.25, 0.3) is 6.08 Å². The number of aromatic nitrogens is 1. The van der Waals surface area contributed by atoms with Gasteiger partial charge in [-0.1, -0.05) is 12.1 Å². The highest BCUT2D eigenvalue weighted by molar-refractivity contribution is 6.17. The van der Waals surface area contributed by atoms with Gasteiger partial charge in [0, 0.05) is 44.3 Å². The fraction of sp³-hybridized carbons (Fsp3) is 0.211. The number of aromatic hydroxyl groups is 1. The maximum atomic E-state index is 14.2. The summed E-state index contributed by atoms with van der Waals surface area (Å²) in [5, 5.41) is 17.7. The monoisotopic (exact) mass is 353 g/mol. The van der Waals surface area contributed by atoms with Crippen molar-refractivity contribution in [1.82, 2.24) is 9.88 Å². The zero-order valence-corrected chi connectivity index (χ0v) is 14.6. The third kappa shape index (κ3) is 3.56. The second-order valence-corrected chi connectivity index (χ2v) is 6.11. The van der Waals surface area contributed by atoms with Crippen LogP contribution < -0.4 is 4.90 Å². The maximum absolute atomic E-state index is 14.2. The first-order valence-electron chi connectivity index (χ1n) is 8.18. The minimum absolute atomic E-state index is 0.100. The molecule has 1 fully saturated rings. The first-order chi connectivity index (χ1) is 12.5. The molecule has 0 radical (unpaired) electrons. The van der Waals surface area contributed by atoms with Crippen LogP contribution >= 0.6 is 0 Å². The van der Waals surface area contributed by atoms with Crippen LogP contribution in [0.5, 0.6) is 5.75 Å². The molecule has 2 aromatic rings. The Morgan fingerprint density at radius 3 is 2.73 bits per heavy atom. The molecule has 3 rings (SSSR count). The van der Waals surface area contributed by atoms with Gasteiger partial charge in [0.05, 0.1) is 0 Å². The number of phenolic OH excluding ortho intramolecular Hbond substituents is 1. The minimum atomic E-state index is -0.663. The fourth-order valence-corrected chi connectivity index (χ4v) is 2.70. The highest BCUT2D eigenvalue weighted by Gasteiger charge is 2.26. The quantitative estimate of drug-likeness (QED) is 0.642. The average molecular weight is 353 g/mol. The third-order valence-corrected chi connectivity index (χ3v) is 4.10. The molecule has 2 heterocycles. The molecule has 0 saturated carbocycles. The smallest absolute Gasteiger partial charge is 0.219 e. The van der Waals surface area contributed by atoms with Crippen LogP contribution in [0.15, 0.2) is 53.3 Å². The van der Waals surface area contributed by atoms with E-state index in [1.165, 1.54) is 6.07 Å². The molecule has 0 atom stereocenters. The number of rotatable bonds is 2. The first kappa shape index (κ1) is 17.6. The number of hydrogen-bond donors (Lipinski definition) is 2. The number of phenols is 1. The van der Waals surface area contributed by atoms with Crippen LogP contribution in [0.1, 0.15) is 12.0 Å². The summed E-state index contributed by atoms with van der Waals surface area (Å²) in [7, 11) is 3.49. The molecule has 1 aromatic carbocycles. The van der Waals surface area contributed by atoms with Crippen molar-refractivity contribution in [3.05, 3.63) is 59.7 Å². The van der Waals surface area contributed by atoms with Gasteiger partial charge in [-0.25, -0.2) is 4.39 Å². The number of amidine groups is 1. The normalized spacial score (nSPS) is 17.1. The average Bonchev–Trinajstić information content (AvgIpc) is 3.02. The van der Waals surface area contributed by atoms with E-state index in [1.54, 1.807) is 49.6 Å². The van der Waals surface area contributed by atoms with Gasteiger partial charge in [0.2, 0.25) is 5.96 Å². The van der Waals surface area contributed by atoms with Crippen molar-refractivity contribution in [2.45, 2.75) is 6.42 Å². The summed E-state index contributed by atoms with van der Waals surface area (Å²) in [6.07, 6.45) is 5.72. The SMILES string of the molecule is CN(C)C(=N)N=C1/C(=C/c2cccc(O)c2F)CCN1c1ccncc1. The molecule has 0 bridgehead atoms. The summed E-state index contributed by atoms with van der Waals surface area (Å²) in [4.78, 5) is 12.0. The molecule has 1 aromatic heterocycles. The van der Waals surface area contributed by atoms with Crippen molar-refractivity contribution in [3.63, 3.8) is 0 Å². The van der Waals surface area contributed by atoms with Gasteiger partial charge in [-0.2, -0.15) is 4.99 Å². The maximum Gasteiger partial charge on any atom is 0.219 e. The Kier molecular flexibility index (Phi) is 4.97. The molecule has 26 heavy (non-hydrogen) atoms. The fourth-order valence-electron chi connectivity index (χ4n) is 2.70. The minimum Gasteiger partial charge on any atom is -0.505 e. The Morgan fingerprint density at radius 2 is 2.04 bits per heavy atom. The van der Waals surface area contributed by atoms with Crippen molar-refractivity contribution < 1.29 is 9.50 Å². The van der Waals surface area contributed by atoms with Gasteiger partial charge >= 0.3 is 0 Å². The van der Waals surface area contributed by atoms with Crippen LogP contribution in [0.2, 0.25) is 0 Å². The lowest BCUT2D eigenvalue weighted by molar-refractivity contribution is 0.432. The van der Waals surface area contributed by atoms with E-state index in [-0.39, 0.29) is 11.7 Å². The molecule has 7 heteroatoms. The van der Waals surface area contributed by atoms with Crippen LogP contribution in [-0.2, 0) is 0 Å². The number of nitrogens with one attached hydrogen (secondary N) is 1. The summed E-state index contributed by atoms with van der Waals surface area (Å²) in [6, 6.07) is 8.25. The predicted molar refractivity (Wildman–Crippen MR) is 101 cm³/mol.